The lowest BCUT2D eigenvalue weighted by molar-refractivity contribution is -0.129. The fourth-order valence-corrected chi connectivity index (χ4v) is 3.99. The third-order valence-corrected chi connectivity index (χ3v) is 5.77. The number of likely N-dealkylation sites (N-methyl/N-ethyl adjacent to an activating group) is 1. The van der Waals surface area contributed by atoms with Crippen molar-refractivity contribution in [2.45, 2.75) is 25.7 Å². The zero-order valence-corrected chi connectivity index (χ0v) is 17.2. The third-order valence-electron chi connectivity index (χ3n) is 5.54. The quantitative estimate of drug-likeness (QED) is 0.683. The van der Waals surface area contributed by atoms with Crippen LogP contribution in [0, 0.1) is 11.7 Å². The van der Waals surface area contributed by atoms with E-state index in [0.717, 1.165) is 51.0 Å². The Bertz CT molecular complexity index is 772. The largest absolute Gasteiger partial charge is 0.345 e. The molecule has 0 unspecified atom stereocenters. The van der Waals surface area contributed by atoms with Crippen LogP contribution in [0.2, 0.25) is 5.02 Å². The first kappa shape index (κ1) is 20.8. The molecule has 28 heavy (non-hydrogen) atoms. The van der Waals surface area contributed by atoms with Crippen LogP contribution in [-0.4, -0.2) is 48.9 Å². The van der Waals surface area contributed by atoms with Gasteiger partial charge in [-0.25, -0.2) is 4.39 Å². The predicted molar refractivity (Wildman–Crippen MR) is 112 cm³/mol. The maximum Gasteiger partial charge on any atom is 0.226 e. The van der Waals surface area contributed by atoms with Gasteiger partial charge in [-0.15, -0.1) is 0 Å². The molecule has 1 saturated heterocycles. The second kappa shape index (κ2) is 10.0. The molecule has 150 valence electrons. The molecule has 0 aromatic heterocycles. The van der Waals surface area contributed by atoms with Crippen molar-refractivity contribution in [2.75, 3.05) is 33.2 Å². The number of carbonyl (C=O) groups excluding carboxylic acids is 1. The van der Waals surface area contributed by atoms with Crippen LogP contribution in [0.15, 0.2) is 48.5 Å². The van der Waals surface area contributed by atoms with Gasteiger partial charge in [0, 0.05) is 25.2 Å². The lowest BCUT2D eigenvalue weighted by Crippen LogP contribution is -2.40. The molecule has 0 spiro atoms. The number of carbonyl (C=O) groups is 1. The average Bonchev–Trinajstić information content (AvgIpc) is 2.68. The van der Waals surface area contributed by atoms with E-state index in [2.05, 4.69) is 4.90 Å². The molecule has 0 aliphatic carbocycles. The number of hydrogen-bond acceptors (Lipinski definition) is 2. The Labute approximate surface area is 172 Å². The molecule has 2 aromatic rings. The van der Waals surface area contributed by atoms with Gasteiger partial charge in [0.1, 0.15) is 5.82 Å². The van der Waals surface area contributed by atoms with Gasteiger partial charge in [-0.3, -0.25) is 4.79 Å². The molecule has 0 N–H and O–H groups in total. The van der Waals surface area contributed by atoms with Crippen LogP contribution in [-0.2, 0) is 17.6 Å². The van der Waals surface area contributed by atoms with Crippen LogP contribution in [0.5, 0.6) is 0 Å². The summed E-state index contributed by atoms with van der Waals surface area (Å²) < 4.78 is 13.0. The van der Waals surface area contributed by atoms with Crippen molar-refractivity contribution in [2.24, 2.45) is 5.92 Å². The van der Waals surface area contributed by atoms with Crippen LogP contribution in [0.1, 0.15) is 24.0 Å². The van der Waals surface area contributed by atoms with E-state index in [1.807, 2.05) is 48.3 Å². The van der Waals surface area contributed by atoms with Gasteiger partial charge in [0.2, 0.25) is 5.91 Å². The Hall–Kier alpha value is -1.91. The van der Waals surface area contributed by atoms with Crippen LogP contribution in [0.3, 0.4) is 0 Å². The van der Waals surface area contributed by atoms with Crippen molar-refractivity contribution >= 4 is 17.5 Å². The van der Waals surface area contributed by atoms with E-state index >= 15 is 0 Å². The van der Waals surface area contributed by atoms with E-state index in [-0.39, 0.29) is 11.7 Å². The SMILES string of the molecule is CN(CC1CCN(CCc2ccc(F)cc2)CC1)C(=O)Cc1cccc(Cl)c1. The molecule has 1 aliphatic heterocycles. The number of benzene rings is 2. The minimum Gasteiger partial charge on any atom is -0.345 e. The first-order valence-corrected chi connectivity index (χ1v) is 10.3. The van der Waals surface area contributed by atoms with Crippen molar-refractivity contribution in [3.05, 3.63) is 70.5 Å². The van der Waals surface area contributed by atoms with Gasteiger partial charge in [0.15, 0.2) is 0 Å². The fourth-order valence-electron chi connectivity index (χ4n) is 3.78. The Balaban J connectivity index is 1.38. The number of amides is 1. The van der Waals surface area contributed by atoms with E-state index in [1.165, 1.54) is 17.7 Å². The van der Waals surface area contributed by atoms with E-state index in [0.29, 0.717) is 17.4 Å². The summed E-state index contributed by atoms with van der Waals surface area (Å²) in [6, 6.07) is 14.3. The van der Waals surface area contributed by atoms with Gasteiger partial charge in [0.25, 0.3) is 0 Å². The van der Waals surface area contributed by atoms with Crippen molar-refractivity contribution in [3.8, 4) is 0 Å². The Kier molecular flexibility index (Phi) is 7.46. The molecule has 1 aliphatic rings. The number of hydrogen-bond donors (Lipinski definition) is 0. The van der Waals surface area contributed by atoms with Gasteiger partial charge in [-0.2, -0.15) is 0 Å². The molecular formula is C23H28ClFN2O. The number of rotatable bonds is 7. The van der Waals surface area contributed by atoms with Crippen molar-refractivity contribution in [1.29, 1.82) is 0 Å². The first-order chi connectivity index (χ1) is 13.5. The van der Waals surface area contributed by atoms with Crippen molar-refractivity contribution in [3.63, 3.8) is 0 Å². The molecule has 2 aromatic carbocycles. The second-order valence-electron chi connectivity index (χ2n) is 7.74. The molecule has 0 bridgehead atoms. The molecular weight excluding hydrogens is 375 g/mol. The summed E-state index contributed by atoms with van der Waals surface area (Å²) in [7, 11) is 1.90. The molecule has 1 fully saturated rings. The maximum absolute atomic E-state index is 13.0. The highest BCUT2D eigenvalue weighted by molar-refractivity contribution is 6.30. The zero-order valence-electron chi connectivity index (χ0n) is 16.4. The van der Waals surface area contributed by atoms with E-state index in [1.54, 1.807) is 0 Å². The summed E-state index contributed by atoms with van der Waals surface area (Å²) in [5, 5.41) is 0.668. The second-order valence-corrected chi connectivity index (χ2v) is 8.18. The maximum atomic E-state index is 13.0. The topological polar surface area (TPSA) is 23.6 Å². The highest BCUT2D eigenvalue weighted by Crippen LogP contribution is 2.19. The summed E-state index contributed by atoms with van der Waals surface area (Å²) in [4.78, 5) is 16.8. The average molecular weight is 403 g/mol. The standard InChI is InChI=1S/C23H28ClFN2O/c1-26(23(28)16-20-3-2-4-21(24)15-20)17-19-10-13-27(14-11-19)12-9-18-5-7-22(25)8-6-18/h2-8,15,19H,9-14,16-17H2,1H3. The third kappa shape index (κ3) is 6.32. The molecule has 1 heterocycles. The normalized spacial score (nSPS) is 15.5. The fraction of sp³-hybridized carbons (Fsp3) is 0.435. The molecule has 0 radical (unpaired) electrons. The van der Waals surface area contributed by atoms with Gasteiger partial charge < -0.3 is 9.80 Å². The minimum atomic E-state index is -0.182. The molecule has 3 rings (SSSR count). The predicted octanol–water partition coefficient (Wildman–Crippen LogP) is 4.43. The van der Waals surface area contributed by atoms with Crippen LogP contribution < -0.4 is 0 Å². The van der Waals surface area contributed by atoms with Crippen LogP contribution in [0.25, 0.3) is 0 Å². The first-order valence-electron chi connectivity index (χ1n) is 9.95. The smallest absolute Gasteiger partial charge is 0.226 e. The molecule has 3 nitrogen and oxygen atoms in total. The molecule has 1 amide bonds. The van der Waals surface area contributed by atoms with Gasteiger partial charge >= 0.3 is 0 Å². The summed E-state index contributed by atoms with van der Waals surface area (Å²) in [6.07, 6.45) is 3.56. The Morgan fingerprint density at radius 3 is 2.54 bits per heavy atom. The van der Waals surface area contributed by atoms with Gasteiger partial charge in [-0.05, 0) is 73.7 Å². The number of halogens is 2. The van der Waals surface area contributed by atoms with E-state index in [4.69, 9.17) is 11.6 Å². The highest BCUT2D eigenvalue weighted by Gasteiger charge is 2.22. The molecule has 5 heteroatoms. The zero-order chi connectivity index (χ0) is 19.9. The van der Waals surface area contributed by atoms with E-state index < -0.39 is 0 Å². The van der Waals surface area contributed by atoms with Gasteiger partial charge in [-0.1, -0.05) is 35.9 Å². The van der Waals surface area contributed by atoms with Crippen LogP contribution >= 0.6 is 11.6 Å². The minimum absolute atomic E-state index is 0.140. The summed E-state index contributed by atoms with van der Waals surface area (Å²) in [6.45, 7) is 3.93. The summed E-state index contributed by atoms with van der Waals surface area (Å²) >= 11 is 6.00. The van der Waals surface area contributed by atoms with Gasteiger partial charge in [0.05, 0.1) is 6.42 Å². The lowest BCUT2D eigenvalue weighted by atomic mass is 9.95. The lowest BCUT2D eigenvalue weighted by Gasteiger charge is -2.34. The number of likely N-dealkylation sites (tertiary alicyclic amines) is 1. The van der Waals surface area contributed by atoms with E-state index in [9.17, 15) is 9.18 Å². The Morgan fingerprint density at radius 2 is 1.86 bits per heavy atom. The summed E-state index contributed by atoms with van der Waals surface area (Å²) in [5.74, 6) is 0.509. The molecule has 0 saturated carbocycles. The summed E-state index contributed by atoms with van der Waals surface area (Å²) in [5.41, 5.74) is 2.13. The van der Waals surface area contributed by atoms with Crippen molar-refractivity contribution in [1.82, 2.24) is 9.80 Å². The monoisotopic (exact) mass is 402 g/mol. The Morgan fingerprint density at radius 1 is 1.14 bits per heavy atom. The number of piperidine rings is 1. The van der Waals surface area contributed by atoms with Crippen molar-refractivity contribution < 1.29 is 9.18 Å². The number of nitrogens with zero attached hydrogens (tertiary/aromatic N) is 2. The highest BCUT2D eigenvalue weighted by atomic mass is 35.5. The molecule has 0 atom stereocenters. The van der Waals surface area contributed by atoms with Crippen LogP contribution in [0.4, 0.5) is 4.39 Å².